The molecule has 0 bridgehead atoms. The van der Waals surface area contributed by atoms with Crippen LogP contribution in [0.1, 0.15) is 29.8 Å². The average molecular weight is 342 g/mol. The number of nitrogen functional groups attached to an aromatic ring is 1. The first-order chi connectivity index (χ1) is 12.0. The highest BCUT2D eigenvalue weighted by Crippen LogP contribution is 2.35. The second kappa shape index (κ2) is 7.01. The van der Waals surface area contributed by atoms with Crippen LogP contribution in [0.25, 0.3) is 11.1 Å². The first-order valence-electron chi connectivity index (χ1n) is 8.14. The Labute approximate surface area is 145 Å². The van der Waals surface area contributed by atoms with Crippen molar-refractivity contribution >= 4 is 17.4 Å². The van der Waals surface area contributed by atoms with Crippen LogP contribution in [-0.4, -0.2) is 23.8 Å². The predicted molar refractivity (Wildman–Crippen MR) is 91.2 cm³/mol. The van der Waals surface area contributed by atoms with Crippen molar-refractivity contribution in [3.63, 3.8) is 0 Å². The van der Waals surface area contributed by atoms with E-state index in [0.29, 0.717) is 29.7 Å². The number of Topliss-reactive ketones (excluding diaryl/α,β-unsaturated/α-hetero) is 1. The fourth-order valence-electron chi connectivity index (χ4n) is 3.31. The summed E-state index contributed by atoms with van der Waals surface area (Å²) >= 11 is 0. The molecule has 0 unspecified atom stereocenters. The van der Waals surface area contributed by atoms with Crippen molar-refractivity contribution in [1.29, 1.82) is 0 Å². The number of carbonyl (C=O) groups is 2. The third kappa shape index (κ3) is 3.38. The van der Waals surface area contributed by atoms with E-state index in [1.807, 2.05) is 0 Å². The summed E-state index contributed by atoms with van der Waals surface area (Å²) < 4.78 is 18.4. The molecular formula is C19H19FN2O3. The maximum atomic E-state index is 13.6. The van der Waals surface area contributed by atoms with Crippen molar-refractivity contribution in [1.82, 2.24) is 4.98 Å². The monoisotopic (exact) mass is 342 g/mol. The minimum Gasteiger partial charge on any atom is -0.469 e. The molecule has 5 nitrogen and oxygen atoms in total. The van der Waals surface area contributed by atoms with E-state index < -0.39 is 11.7 Å². The highest BCUT2D eigenvalue weighted by atomic mass is 19.1. The van der Waals surface area contributed by atoms with Gasteiger partial charge in [0, 0.05) is 17.7 Å². The second-order valence-corrected chi connectivity index (χ2v) is 6.20. The third-order valence-electron chi connectivity index (χ3n) is 4.71. The van der Waals surface area contributed by atoms with Crippen molar-refractivity contribution in [2.75, 3.05) is 12.8 Å². The van der Waals surface area contributed by atoms with Crippen molar-refractivity contribution in [3.8, 4) is 11.1 Å². The molecule has 2 N–H and O–H groups in total. The summed E-state index contributed by atoms with van der Waals surface area (Å²) in [7, 11) is 1.33. The number of hydrogen-bond donors (Lipinski definition) is 1. The van der Waals surface area contributed by atoms with E-state index in [-0.39, 0.29) is 23.4 Å². The molecule has 3 rings (SSSR count). The molecule has 0 amide bonds. The van der Waals surface area contributed by atoms with Gasteiger partial charge in [-0.3, -0.25) is 14.6 Å². The molecule has 2 aromatic rings. The van der Waals surface area contributed by atoms with Gasteiger partial charge < -0.3 is 10.5 Å². The van der Waals surface area contributed by atoms with Crippen LogP contribution in [0.15, 0.2) is 36.5 Å². The van der Waals surface area contributed by atoms with Gasteiger partial charge in [0.15, 0.2) is 5.78 Å². The Balaban J connectivity index is 1.81. The standard InChI is InChI=1S/C19H19FN2O3/c1-25-19(24)14-4-2-3-13(14)18(23)17-8-6-12(10-22-17)11-5-7-16(21)15(20)9-11/h5-10,13-14H,2-4,21H2,1H3/t13-,14-/m1/s1. The maximum absolute atomic E-state index is 13.6. The molecule has 130 valence electrons. The first-order valence-corrected chi connectivity index (χ1v) is 8.14. The molecule has 2 atom stereocenters. The van der Waals surface area contributed by atoms with E-state index in [2.05, 4.69) is 4.98 Å². The number of halogens is 1. The molecule has 1 aromatic heterocycles. The number of nitrogens with two attached hydrogens (primary N) is 1. The summed E-state index contributed by atoms with van der Waals surface area (Å²) in [6.07, 6.45) is 3.66. The van der Waals surface area contributed by atoms with E-state index in [1.165, 1.54) is 25.4 Å². The lowest BCUT2D eigenvalue weighted by molar-refractivity contribution is -0.146. The summed E-state index contributed by atoms with van der Waals surface area (Å²) in [5.41, 5.74) is 7.18. The summed E-state index contributed by atoms with van der Waals surface area (Å²) in [5, 5.41) is 0. The third-order valence-corrected chi connectivity index (χ3v) is 4.71. The van der Waals surface area contributed by atoms with Gasteiger partial charge in [0.2, 0.25) is 0 Å². The van der Waals surface area contributed by atoms with E-state index in [1.54, 1.807) is 18.2 Å². The molecule has 1 aromatic carbocycles. The number of benzene rings is 1. The van der Waals surface area contributed by atoms with Crippen LogP contribution in [-0.2, 0) is 9.53 Å². The van der Waals surface area contributed by atoms with Crippen LogP contribution in [0.2, 0.25) is 0 Å². The first kappa shape index (κ1) is 17.1. The average Bonchev–Trinajstić information content (AvgIpc) is 3.12. The summed E-state index contributed by atoms with van der Waals surface area (Å²) in [5.74, 6) is -1.78. The van der Waals surface area contributed by atoms with Gasteiger partial charge in [-0.25, -0.2) is 4.39 Å². The molecule has 0 radical (unpaired) electrons. The highest BCUT2D eigenvalue weighted by Gasteiger charge is 2.39. The second-order valence-electron chi connectivity index (χ2n) is 6.20. The van der Waals surface area contributed by atoms with Crippen LogP contribution in [0.4, 0.5) is 10.1 Å². The summed E-state index contributed by atoms with van der Waals surface area (Å²) in [4.78, 5) is 28.7. The van der Waals surface area contributed by atoms with E-state index in [0.717, 1.165) is 6.42 Å². The highest BCUT2D eigenvalue weighted by molar-refractivity contribution is 5.99. The van der Waals surface area contributed by atoms with Gasteiger partial charge in [-0.1, -0.05) is 18.6 Å². The van der Waals surface area contributed by atoms with Crippen LogP contribution in [0.5, 0.6) is 0 Å². The molecule has 0 spiro atoms. The molecule has 0 saturated heterocycles. The Morgan fingerprint density at radius 3 is 2.52 bits per heavy atom. The van der Waals surface area contributed by atoms with Gasteiger partial charge in [0.25, 0.3) is 0 Å². The summed E-state index contributed by atoms with van der Waals surface area (Å²) in [6, 6.07) is 7.84. The summed E-state index contributed by atoms with van der Waals surface area (Å²) in [6.45, 7) is 0. The fourth-order valence-corrected chi connectivity index (χ4v) is 3.31. The molecular weight excluding hydrogens is 323 g/mol. The number of hydrogen-bond acceptors (Lipinski definition) is 5. The van der Waals surface area contributed by atoms with Crippen molar-refractivity contribution < 1.29 is 18.7 Å². The minimum absolute atomic E-state index is 0.0820. The number of rotatable bonds is 4. The number of aromatic nitrogens is 1. The quantitative estimate of drug-likeness (QED) is 0.524. The molecule has 6 heteroatoms. The number of anilines is 1. The topological polar surface area (TPSA) is 82.3 Å². The SMILES string of the molecule is COC(=O)[C@@H]1CCC[C@H]1C(=O)c1ccc(-c2ccc(N)c(F)c2)cn1. The van der Waals surface area contributed by atoms with Gasteiger partial charge in [-0.05, 0) is 36.6 Å². The smallest absolute Gasteiger partial charge is 0.309 e. The molecule has 25 heavy (non-hydrogen) atoms. The van der Waals surface area contributed by atoms with Crippen molar-refractivity contribution in [2.45, 2.75) is 19.3 Å². The van der Waals surface area contributed by atoms with Gasteiger partial charge in [-0.2, -0.15) is 0 Å². The Morgan fingerprint density at radius 1 is 1.16 bits per heavy atom. The molecule has 1 saturated carbocycles. The van der Waals surface area contributed by atoms with Gasteiger partial charge in [-0.15, -0.1) is 0 Å². The Hall–Kier alpha value is -2.76. The minimum atomic E-state index is -0.496. The zero-order chi connectivity index (χ0) is 18.0. The molecule has 0 aliphatic heterocycles. The Kier molecular flexibility index (Phi) is 4.79. The Bertz CT molecular complexity index is 805. The zero-order valence-electron chi connectivity index (χ0n) is 13.9. The number of esters is 1. The van der Waals surface area contributed by atoms with Gasteiger partial charge >= 0.3 is 5.97 Å². The Morgan fingerprint density at radius 2 is 1.88 bits per heavy atom. The molecule has 1 fully saturated rings. The van der Waals surface area contributed by atoms with Gasteiger partial charge in [0.05, 0.1) is 18.7 Å². The lowest BCUT2D eigenvalue weighted by atomic mass is 9.90. The normalized spacial score (nSPS) is 19.6. The number of ether oxygens (including phenoxy) is 1. The van der Waals surface area contributed by atoms with E-state index in [9.17, 15) is 14.0 Å². The lowest BCUT2D eigenvalue weighted by Crippen LogP contribution is -2.27. The largest absolute Gasteiger partial charge is 0.469 e. The molecule has 1 heterocycles. The molecule has 1 aliphatic carbocycles. The van der Waals surface area contributed by atoms with Gasteiger partial charge in [0.1, 0.15) is 11.5 Å². The van der Waals surface area contributed by atoms with Crippen LogP contribution >= 0.6 is 0 Å². The fraction of sp³-hybridized carbons (Fsp3) is 0.316. The van der Waals surface area contributed by atoms with E-state index in [4.69, 9.17) is 10.5 Å². The number of methoxy groups -OCH3 is 1. The van der Waals surface area contributed by atoms with Crippen LogP contribution in [0, 0.1) is 17.7 Å². The lowest BCUT2D eigenvalue weighted by Gasteiger charge is -2.16. The van der Waals surface area contributed by atoms with E-state index >= 15 is 0 Å². The van der Waals surface area contributed by atoms with Crippen LogP contribution in [0.3, 0.4) is 0 Å². The number of pyridine rings is 1. The number of ketones is 1. The number of nitrogens with zero attached hydrogens (tertiary/aromatic N) is 1. The molecule has 1 aliphatic rings. The zero-order valence-corrected chi connectivity index (χ0v) is 13.9. The maximum Gasteiger partial charge on any atom is 0.309 e. The predicted octanol–water partition coefficient (Wildman–Crippen LogP) is 3.24. The van der Waals surface area contributed by atoms with Crippen LogP contribution < -0.4 is 5.73 Å². The van der Waals surface area contributed by atoms with Crippen molar-refractivity contribution in [2.24, 2.45) is 11.8 Å². The number of carbonyl (C=O) groups excluding carboxylic acids is 2. The van der Waals surface area contributed by atoms with Crippen molar-refractivity contribution in [3.05, 3.63) is 48.0 Å².